The van der Waals surface area contributed by atoms with Gasteiger partial charge >= 0.3 is 0 Å². The average Bonchev–Trinajstić information content (AvgIpc) is 2.60. The predicted molar refractivity (Wildman–Crippen MR) is 114 cm³/mol. The Balaban J connectivity index is 2.14. The first-order valence-electron chi connectivity index (χ1n) is 8.84. The Kier molecular flexibility index (Phi) is 7.33. The molecular formula is C21H25ClN2O2S. The molecule has 4 nitrogen and oxygen atoms in total. The zero-order chi connectivity index (χ0) is 20.0. The molecular weight excluding hydrogens is 380 g/mol. The van der Waals surface area contributed by atoms with E-state index in [1.807, 2.05) is 39.8 Å². The molecule has 2 aromatic rings. The van der Waals surface area contributed by atoms with Crippen LogP contribution in [-0.2, 0) is 4.79 Å². The summed E-state index contributed by atoms with van der Waals surface area (Å²) in [7, 11) is 0. The molecule has 0 fully saturated rings. The van der Waals surface area contributed by atoms with Crippen molar-refractivity contribution >= 4 is 40.9 Å². The molecule has 2 amide bonds. The number of amides is 2. The lowest BCUT2D eigenvalue weighted by atomic mass is 10.1. The summed E-state index contributed by atoms with van der Waals surface area (Å²) in [6.45, 7) is 7.72. The minimum absolute atomic E-state index is 0.131. The van der Waals surface area contributed by atoms with Crippen LogP contribution in [0, 0.1) is 0 Å². The van der Waals surface area contributed by atoms with Gasteiger partial charge in [-0.2, -0.15) is 0 Å². The number of hydrogen-bond acceptors (Lipinski definition) is 3. The van der Waals surface area contributed by atoms with E-state index in [2.05, 4.69) is 10.6 Å². The van der Waals surface area contributed by atoms with Crippen molar-refractivity contribution < 1.29 is 9.59 Å². The fraction of sp³-hybridized carbons (Fsp3) is 0.333. The van der Waals surface area contributed by atoms with Crippen LogP contribution in [0.4, 0.5) is 5.69 Å². The second kappa shape index (κ2) is 9.29. The molecule has 0 aromatic heterocycles. The van der Waals surface area contributed by atoms with Crippen molar-refractivity contribution in [3.63, 3.8) is 0 Å². The van der Waals surface area contributed by atoms with E-state index < -0.39 is 0 Å². The monoisotopic (exact) mass is 404 g/mol. The number of thioether (sulfide) groups is 1. The molecule has 2 aromatic carbocycles. The zero-order valence-electron chi connectivity index (χ0n) is 16.0. The van der Waals surface area contributed by atoms with Crippen LogP contribution in [0.25, 0.3) is 0 Å². The lowest BCUT2D eigenvalue weighted by molar-refractivity contribution is -0.115. The Hall–Kier alpha value is -1.98. The maximum absolute atomic E-state index is 12.8. The van der Waals surface area contributed by atoms with Crippen molar-refractivity contribution in [1.82, 2.24) is 5.32 Å². The second-order valence-electron chi connectivity index (χ2n) is 7.21. The van der Waals surface area contributed by atoms with Crippen molar-refractivity contribution in [2.24, 2.45) is 0 Å². The molecule has 0 radical (unpaired) electrons. The van der Waals surface area contributed by atoms with Gasteiger partial charge in [0, 0.05) is 15.5 Å². The van der Waals surface area contributed by atoms with E-state index in [4.69, 9.17) is 11.6 Å². The van der Waals surface area contributed by atoms with Gasteiger partial charge in [-0.1, -0.05) is 30.7 Å². The summed E-state index contributed by atoms with van der Waals surface area (Å²) in [5.74, 6) is -0.342. The topological polar surface area (TPSA) is 58.2 Å². The third-order valence-corrected chi connectivity index (χ3v) is 5.30. The smallest absolute Gasteiger partial charge is 0.253 e. The first-order valence-corrected chi connectivity index (χ1v) is 10.1. The summed E-state index contributed by atoms with van der Waals surface area (Å²) in [5.41, 5.74) is 0.608. The lowest BCUT2D eigenvalue weighted by Crippen LogP contribution is -2.41. The van der Waals surface area contributed by atoms with E-state index in [1.165, 1.54) is 11.8 Å². The fourth-order valence-corrected chi connectivity index (χ4v) is 3.49. The molecule has 0 aliphatic rings. The fourth-order valence-electron chi connectivity index (χ4n) is 2.41. The number of benzene rings is 2. The van der Waals surface area contributed by atoms with Gasteiger partial charge < -0.3 is 10.6 Å². The standard InChI is InChI=1S/C21H25ClN2O2S/c1-5-18(27-15-12-10-14(22)11-13-15)20(26)23-17-9-7-6-8-16(17)19(25)24-21(2,3)4/h6-13,18H,5H2,1-4H3,(H,23,26)(H,24,25)/t18-/m1/s1. The van der Waals surface area contributed by atoms with E-state index in [1.54, 1.807) is 36.4 Å². The van der Waals surface area contributed by atoms with Crippen LogP contribution in [0.5, 0.6) is 0 Å². The Morgan fingerprint density at radius 2 is 1.70 bits per heavy atom. The molecule has 0 saturated carbocycles. The van der Waals surface area contributed by atoms with E-state index in [0.29, 0.717) is 22.7 Å². The van der Waals surface area contributed by atoms with Gasteiger partial charge in [-0.25, -0.2) is 0 Å². The Morgan fingerprint density at radius 1 is 1.07 bits per heavy atom. The predicted octanol–water partition coefficient (Wildman–Crippen LogP) is 5.38. The van der Waals surface area contributed by atoms with Crippen LogP contribution >= 0.6 is 23.4 Å². The largest absolute Gasteiger partial charge is 0.347 e. The normalized spacial score (nSPS) is 12.3. The molecule has 0 aliphatic heterocycles. The van der Waals surface area contributed by atoms with Crippen LogP contribution in [0.2, 0.25) is 5.02 Å². The third-order valence-electron chi connectivity index (χ3n) is 3.67. The number of carbonyl (C=O) groups excluding carboxylic acids is 2. The van der Waals surface area contributed by atoms with Gasteiger partial charge in [0.15, 0.2) is 0 Å². The molecule has 0 bridgehead atoms. The van der Waals surface area contributed by atoms with Gasteiger partial charge in [0.2, 0.25) is 5.91 Å². The quantitative estimate of drug-likeness (QED) is 0.635. The molecule has 0 spiro atoms. The molecule has 0 aliphatic carbocycles. The van der Waals surface area contributed by atoms with Gasteiger partial charge in [0.25, 0.3) is 5.91 Å². The third kappa shape index (κ3) is 6.60. The summed E-state index contributed by atoms with van der Waals surface area (Å²) in [6, 6.07) is 14.4. The summed E-state index contributed by atoms with van der Waals surface area (Å²) in [4.78, 5) is 26.3. The summed E-state index contributed by atoms with van der Waals surface area (Å²) in [5, 5.41) is 6.23. The van der Waals surface area contributed by atoms with E-state index in [0.717, 1.165) is 4.90 Å². The zero-order valence-corrected chi connectivity index (χ0v) is 17.6. The molecule has 0 saturated heterocycles. The van der Waals surface area contributed by atoms with Crippen LogP contribution in [0.15, 0.2) is 53.4 Å². The van der Waals surface area contributed by atoms with Crippen LogP contribution in [-0.4, -0.2) is 22.6 Å². The minimum Gasteiger partial charge on any atom is -0.347 e. The molecule has 27 heavy (non-hydrogen) atoms. The summed E-state index contributed by atoms with van der Waals surface area (Å²) < 4.78 is 0. The highest BCUT2D eigenvalue weighted by molar-refractivity contribution is 8.00. The molecule has 2 N–H and O–H groups in total. The number of anilines is 1. The Labute approximate surface area is 170 Å². The highest BCUT2D eigenvalue weighted by Gasteiger charge is 2.22. The van der Waals surface area contributed by atoms with Crippen molar-refractivity contribution in [1.29, 1.82) is 0 Å². The lowest BCUT2D eigenvalue weighted by Gasteiger charge is -2.22. The average molecular weight is 405 g/mol. The number of nitrogens with one attached hydrogen (secondary N) is 2. The SMILES string of the molecule is CC[C@@H](Sc1ccc(Cl)cc1)C(=O)Nc1ccccc1C(=O)NC(C)(C)C. The first-order chi connectivity index (χ1) is 12.7. The van der Waals surface area contributed by atoms with E-state index >= 15 is 0 Å². The molecule has 0 heterocycles. The van der Waals surface area contributed by atoms with Crippen molar-refractivity contribution in [3.8, 4) is 0 Å². The number of rotatable bonds is 6. The van der Waals surface area contributed by atoms with Crippen molar-refractivity contribution in [2.75, 3.05) is 5.32 Å². The maximum Gasteiger partial charge on any atom is 0.253 e. The van der Waals surface area contributed by atoms with Gasteiger partial charge in [-0.05, 0) is 63.6 Å². The van der Waals surface area contributed by atoms with Crippen molar-refractivity contribution in [3.05, 3.63) is 59.1 Å². The number of para-hydroxylation sites is 1. The van der Waals surface area contributed by atoms with Crippen LogP contribution in [0.3, 0.4) is 0 Å². The van der Waals surface area contributed by atoms with Crippen LogP contribution < -0.4 is 10.6 Å². The van der Waals surface area contributed by atoms with E-state index in [9.17, 15) is 9.59 Å². The number of carbonyl (C=O) groups is 2. The van der Waals surface area contributed by atoms with Gasteiger partial charge in [0.05, 0.1) is 16.5 Å². The van der Waals surface area contributed by atoms with E-state index in [-0.39, 0.29) is 22.6 Å². The van der Waals surface area contributed by atoms with Crippen molar-refractivity contribution in [2.45, 2.75) is 49.8 Å². The highest BCUT2D eigenvalue weighted by Crippen LogP contribution is 2.28. The molecule has 144 valence electrons. The molecule has 0 unspecified atom stereocenters. The molecule has 6 heteroatoms. The van der Waals surface area contributed by atoms with Gasteiger partial charge in [-0.15, -0.1) is 11.8 Å². The summed E-state index contributed by atoms with van der Waals surface area (Å²) >= 11 is 7.40. The summed E-state index contributed by atoms with van der Waals surface area (Å²) in [6.07, 6.45) is 0.662. The minimum atomic E-state index is -0.357. The number of halogens is 1. The first kappa shape index (κ1) is 21.3. The number of hydrogen-bond donors (Lipinski definition) is 2. The Morgan fingerprint density at radius 3 is 2.30 bits per heavy atom. The molecule has 2 rings (SSSR count). The van der Waals surface area contributed by atoms with Gasteiger partial charge in [-0.3, -0.25) is 9.59 Å². The van der Waals surface area contributed by atoms with Gasteiger partial charge in [0.1, 0.15) is 0 Å². The maximum atomic E-state index is 12.8. The van der Waals surface area contributed by atoms with Crippen LogP contribution in [0.1, 0.15) is 44.5 Å². The Bertz CT molecular complexity index is 801. The second-order valence-corrected chi connectivity index (χ2v) is 8.92. The highest BCUT2D eigenvalue weighted by atomic mass is 35.5. The molecule has 1 atom stereocenters.